The van der Waals surface area contributed by atoms with Crippen LogP contribution in [0.4, 0.5) is 10.7 Å². The van der Waals surface area contributed by atoms with E-state index in [1.54, 1.807) is 20.9 Å². The molecule has 0 saturated carbocycles. The first-order chi connectivity index (χ1) is 7.82. The molecule has 1 heterocycles. The number of terminal acetylenes is 1. The predicted molar refractivity (Wildman–Crippen MR) is 63.9 cm³/mol. The Morgan fingerprint density at radius 1 is 1.53 bits per heavy atom. The van der Waals surface area contributed by atoms with Gasteiger partial charge in [0.15, 0.2) is 0 Å². The van der Waals surface area contributed by atoms with Gasteiger partial charge in [0, 0.05) is 14.1 Å². The van der Waals surface area contributed by atoms with Gasteiger partial charge in [-0.3, -0.25) is 4.57 Å². The lowest BCUT2D eigenvalue weighted by Gasteiger charge is -2.18. The first-order valence-corrected chi connectivity index (χ1v) is 4.96. The number of nitrogens with one attached hydrogen (secondary N) is 2. The number of nitrogens with zero attached hydrogens (tertiary/aromatic N) is 3. The van der Waals surface area contributed by atoms with Gasteiger partial charge >= 0.3 is 11.7 Å². The van der Waals surface area contributed by atoms with Crippen molar-refractivity contribution in [1.29, 1.82) is 0 Å². The Morgan fingerprint density at radius 2 is 2.12 bits per heavy atom. The van der Waals surface area contributed by atoms with E-state index in [-0.39, 0.29) is 0 Å². The van der Waals surface area contributed by atoms with Crippen LogP contribution in [-0.4, -0.2) is 33.0 Å². The van der Waals surface area contributed by atoms with Crippen molar-refractivity contribution in [2.75, 3.05) is 12.4 Å². The van der Waals surface area contributed by atoms with E-state index in [1.807, 2.05) is 0 Å². The van der Waals surface area contributed by atoms with Gasteiger partial charge in [-0.05, 0) is 13.8 Å². The molecular weight excluding hydrogens is 222 g/mol. The largest absolute Gasteiger partial charge is 0.357 e. The van der Waals surface area contributed by atoms with Crippen molar-refractivity contribution in [3.05, 3.63) is 10.5 Å². The van der Waals surface area contributed by atoms with E-state index < -0.39 is 17.3 Å². The van der Waals surface area contributed by atoms with Crippen LogP contribution in [0.1, 0.15) is 13.8 Å². The molecule has 1 aromatic rings. The molecule has 0 atom stereocenters. The molecule has 0 fully saturated rings. The zero-order valence-corrected chi connectivity index (χ0v) is 10.2. The highest BCUT2D eigenvalue weighted by molar-refractivity contribution is 5.77. The summed E-state index contributed by atoms with van der Waals surface area (Å²) >= 11 is 0. The minimum atomic E-state index is -0.839. The smallest absolute Gasteiger partial charge is 0.355 e. The molecule has 92 valence electrons. The van der Waals surface area contributed by atoms with Gasteiger partial charge in [0.1, 0.15) is 0 Å². The van der Waals surface area contributed by atoms with Crippen molar-refractivity contribution < 1.29 is 4.79 Å². The molecule has 1 rings (SSSR count). The highest BCUT2D eigenvalue weighted by Crippen LogP contribution is 2.00. The first kappa shape index (κ1) is 12.8. The number of aromatic nitrogens is 3. The van der Waals surface area contributed by atoms with E-state index in [4.69, 9.17) is 6.42 Å². The van der Waals surface area contributed by atoms with Crippen molar-refractivity contribution in [3.63, 3.8) is 0 Å². The van der Waals surface area contributed by atoms with Gasteiger partial charge in [-0.25, -0.2) is 9.59 Å². The van der Waals surface area contributed by atoms with Crippen molar-refractivity contribution >= 4 is 12.0 Å². The quantitative estimate of drug-likeness (QED) is 0.685. The molecule has 0 bridgehead atoms. The van der Waals surface area contributed by atoms with Gasteiger partial charge < -0.3 is 10.6 Å². The molecular formula is C10H15N5O2. The van der Waals surface area contributed by atoms with Crippen LogP contribution in [0, 0.1) is 12.3 Å². The normalized spacial score (nSPS) is 10.8. The molecule has 0 radical (unpaired) electrons. The minimum Gasteiger partial charge on any atom is -0.357 e. The summed E-state index contributed by atoms with van der Waals surface area (Å²) in [4.78, 5) is 23.4. The Bertz CT molecular complexity index is 532. The van der Waals surface area contributed by atoms with Crippen molar-refractivity contribution in [2.45, 2.75) is 19.4 Å². The van der Waals surface area contributed by atoms with Crippen molar-refractivity contribution in [1.82, 2.24) is 19.7 Å². The SMILES string of the molecule is C#CC(C)(C)NC(=O)n1nc(NC)n(C)c1=O. The summed E-state index contributed by atoms with van der Waals surface area (Å²) in [7, 11) is 3.12. The number of carbonyl (C=O) groups excluding carboxylic acids is 1. The third-order valence-electron chi connectivity index (χ3n) is 2.18. The van der Waals surface area contributed by atoms with Crippen LogP contribution in [0.15, 0.2) is 4.79 Å². The molecule has 7 nitrogen and oxygen atoms in total. The second-order valence-electron chi connectivity index (χ2n) is 4.03. The maximum Gasteiger partial charge on any atom is 0.355 e. The molecule has 17 heavy (non-hydrogen) atoms. The zero-order valence-electron chi connectivity index (χ0n) is 10.2. The van der Waals surface area contributed by atoms with Crippen molar-refractivity contribution in [3.8, 4) is 12.3 Å². The third kappa shape index (κ3) is 2.47. The summed E-state index contributed by atoms with van der Waals surface area (Å²) in [5.74, 6) is 2.69. The maximum absolute atomic E-state index is 11.8. The van der Waals surface area contributed by atoms with Crippen LogP contribution in [0.2, 0.25) is 0 Å². The maximum atomic E-state index is 11.8. The fourth-order valence-electron chi connectivity index (χ4n) is 1.14. The Kier molecular flexibility index (Phi) is 3.27. The summed E-state index contributed by atoms with van der Waals surface area (Å²) in [5.41, 5.74) is -1.38. The van der Waals surface area contributed by atoms with E-state index in [9.17, 15) is 9.59 Å². The van der Waals surface area contributed by atoms with Crippen LogP contribution >= 0.6 is 0 Å². The molecule has 1 amide bonds. The number of hydrogen-bond donors (Lipinski definition) is 2. The highest BCUT2D eigenvalue weighted by atomic mass is 16.2. The summed E-state index contributed by atoms with van der Waals surface area (Å²) in [5, 5.41) is 9.03. The molecule has 0 aromatic carbocycles. The molecule has 0 aliphatic carbocycles. The van der Waals surface area contributed by atoms with Gasteiger partial charge in [0.2, 0.25) is 5.95 Å². The Labute approximate surface area is 98.8 Å². The third-order valence-corrected chi connectivity index (χ3v) is 2.18. The van der Waals surface area contributed by atoms with E-state index in [0.717, 1.165) is 4.68 Å². The number of hydrogen-bond acceptors (Lipinski definition) is 4. The van der Waals surface area contributed by atoms with Crippen LogP contribution in [0.25, 0.3) is 0 Å². The first-order valence-electron chi connectivity index (χ1n) is 4.96. The van der Waals surface area contributed by atoms with E-state index >= 15 is 0 Å². The van der Waals surface area contributed by atoms with Crippen molar-refractivity contribution in [2.24, 2.45) is 7.05 Å². The molecule has 0 spiro atoms. The molecule has 7 heteroatoms. The molecule has 0 saturated heterocycles. The van der Waals surface area contributed by atoms with Gasteiger partial charge in [-0.15, -0.1) is 16.2 Å². The van der Waals surface area contributed by atoms with E-state index in [1.165, 1.54) is 11.6 Å². The number of amides is 1. The van der Waals surface area contributed by atoms with Gasteiger partial charge in [0.05, 0.1) is 5.54 Å². The average Bonchev–Trinajstić information content (AvgIpc) is 2.55. The fourth-order valence-corrected chi connectivity index (χ4v) is 1.14. The molecule has 0 aliphatic rings. The fraction of sp³-hybridized carbons (Fsp3) is 0.500. The second-order valence-corrected chi connectivity index (χ2v) is 4.03. The molecule has 0 aliphatic heterocycles. The van der Waals surface area contributed by atoms with Gasteiger partial charge in [0.25, 0.3) is 0 Å². The highest BCUT2D eigenvalue weighted by Gasteiger charge is 2.21. The van der Waals surface area contributed by atoms with Gasteiger partial charge in [-0.1, -0.05) is 5.92 Å². The van der Waals surface area contributed by atoms with Crippen LogP contribution in [0.3, 0.4) is 0 Å². The Balaban J connectivity index is 3.07. The number of rotatable bonds is 2. The summed E-state index contributed by atoms with van der Waals surface area (Å²) in [6.07, 6.45) is 5.24. The average molecular weight is 237 g/mol. The Morgan fingerprint density at radius 3 is 2.53 bits per heavy atom. The predicted octanol–water partition coefficient (Wildman–Crippen LogP) is -0.407. The molecule has 2 N–H and O–H groups in total. The zero-order chi connectivity index (χ0) is 13.2. The monoisotopic (exact) mass is 237 g/mol. The molecule has 0 unspecified atom stereocenters. The number of carbonyl (C=O) groups is 1. The Hall–Kier alpha value is -2.23. The van der Waals surface area contributed by atoms with E-state index in [0.29, 0.717) is 5.95 Å². The van der Waals surface area contributed by atoms with E-state index in [2.05, 4.69) is 21.7 Å². The summed E-state index contributed by atoms with van der Waals surface area (Å²) < 4.78 is 1.95. The lowest BCUT2D eigenvalue weighted by molar-refractivity contribution is 0.233. The standard InChI is InChI=1S/C10H15N5O2/c1-6-10(2,3)12-8(16)15-9(17)14(5)7(11-4)13-15/h1H,2-5H3,(H,11,13)(H,12,16). The summed E-state index contributed by atoms with van der Waals surface area (Å²) in [6.45, 7) is 3.30. The molecule has 1 aromatic heterocycles. The van der Waals surface area contributed by atoms with Crippen LogP contribution in [0.5, 0.6) is 0 Å². The van der Waals surface area contributed by atoms with Crippen LogP contribution in [-0.2, 0) is 7.05 Å². The second kappa shape index (κ2) is 4.33. The number of anilines is 1. The van der Waals surface area contributed by atoms with Crippen LogP contribution < -0.4 is 16.3 Å². The van der Waals surface area contributed by atoms with Gasteiger partial charge in [-0.2, -0.15) is 0 Å². The lowest BCUT2D eigenvalue weighted by atomic mass is 10.1. The topological polar surface area (TPSA) is 81.0 Å². The minimum absolute atomic E-state index is 0.295. The summed E-state index contributed by atoms with van der Waals surface area (Å²) in [6, 6.07) is -0.657. The lowest BCUT2D eigenvalue weighted by Crippen LogP contribution is -2.47.